The first-order valence-electron chi connectivity index (χ1n) is 8.60. The van der Waals surface area contributed by atoms with Crippen LogP contribution in [0.3, 0.4) is 0 Å². The number of carbonyl (C=O) groups is 1. The second-order valence-corrected chi connectivity index (χ2v) is 9.48. The van der Waals surface area contributed by atoms with Gasteiger partial charge in [0.1, 0.15) is 6.04 Å². The average Bonchev–Trinajstić information content (AvgIpc) is 3.17. The van der Waals surface area contributed by atoms with Crippen LogP contribution in [0.1, 0.15) is 28.5 Å². The normalized spacial score (nSPS) is 25.7. The topological polar surface area (TPSA) is 69.7 Å². The molecule has 0 aliphatic carbocycles. The van der Waals surface area contributed by atoms with Gasteiger partial charge >= 0.3 is 0 Å². The third-order valence-corrected chi connectivity index (χ3v) is 7.76. The minimum Gasteiger partial charge on any atom is -0.337 e. The van der Waals surface area contributed by atoms with Crippen LogP contribution in [0, 0.1) is 0 Å². The fourth-order valence-electron chi connectivity index (χ4n) is 3.66. The summed E-state index contributed by atoms with van der Waals surface area (Å²) in [7, 11) is -2.21. The number of amides is 1. The summed E-state index contributed by atoms with van der Waals surface area (Å²) in [5, 5.41) is 1.92. The average molecular weight is 392 g/mol. The lowest BCUT2D eigenvalue weighted by molar-refractivity contribution is -0.136. The number of thiophene rings is 1. The molecule has 2 aliphatic heterocycles. The SMILES string of the molecule is CN1[C@H](C(=O)N2CCc3ccccc3C2)C[C@H](c2cccs2)NS1(=O)=O. The Kier molecular flexibility index (Phi) is 4.60. The lowest BCUT2D eigenvalue weighted by Gasteiger charge is -2.39. The van der Waals surface area contributed by atoms with E-state index in [1.807, 2.05) is 35.7 Å². The number of hydrogen-bond donors (Lipinski definition) is 1. The minimum absolute atomic E-state index is 0.117. The van der Waals surface area contributed by atoms with Gasteiger partial charge in [-0.05, 0) is 35.4 Å². The van der Waals surface area contributed by atoms with E-state index >= 15 is 0 Å². The number of likely N-dealkylation sites (N-methyl/N-ethyl adjacent to an activating group) is 1. The monoisotopic (exact) mass is 391 g/mol. The van der Waals surface area contributed by atoms with E-state index in [0.717, 1.165) is 16.9 Å². The highest BCUT2D eigenvalue weighted by Crippen LogP contribution is 2.32. The minimum atomic E-state index is -3.69. The number of fused-ring (bicyclic) bond motifs is 1. The predicted octanol–water partition coefficient (Wildman–Crippen LogP) is 1.91. The molecule has 0 saturated carbocycles. The van der Waals surface area contributed by atoms with Gasteiger partial charge in [-0.15, -0.1) is 11.3 Å². The molecule has 2 aliphatic rings. The summed E-state index contributed by atoms with van der Waals surface area (Å²) in [5.41, 5.74) is 2.40. The molecule has 1 saturated heterocycles. The molecule has 1 aromatic heterocycles. The van der Waals surface area contributed by atoms with Crippen LogP contribution in [0.4, 0.5) is 0 Å². The van der Waals surface area contributed by atoms with Crippen molar-refractivity contribution in [3.8, 4) is 0 Å². The molecule has 26 heavy (non-hydrogen) atoms. The number of hydrogen-bond acceptors (Lipinski definition) is 4. The molecule has 1 fully saturated rings. The Balaban J connectivity index is 1.58. The van der Waals surface area contributed by atoms with Gasteiger partial charge < -0.3 is 4.90 Å². The lowest BCUT2D eigenvalue weighted by Crippen LogP contribution is -2.58. The van der Waals surface area contributed by atoms with Gasteiger partial charge in [-0.2, -0.15) is 17.4 Å². The van der Waals surface area contributed by atoms with Crippen molar-refractivity contribution >= 4 is 27.5 Å². The Morgan fingerprint density at radius 1 is 1.19 bits per heavy atom. The van der Waals surface area contributed by atoms with E-state index in [0.29, 0.717) is 19.5 Å². The molecule has 6 nitrogen and oxygen atoms in total. The van der Waals surface area contributed by atoms with Gasteiger partial charge in [-0.3, -0.25) is 4.79 Å². The zero-order valence-corrected chi connectivity index (χ0v) is 16.1. The van der Waals surface area contributed by atoms with Crippen molar-refractivity contribution in [2.45, 2.75) is 31.5 Å². The Morgan fingerprint density at radius 3 is 2.69 bits per heavy atom. The van der Waals surface area contributed by atoms with Crippen LogP contribution in [0.15, 0.2) is 41.8 Å². The molecule has 8 heteroatoms. The molecule has 1 amide bonds. The lowest BCUT2D eigenvalue weighted by atomic mass is 9.98. The molecular formula is C18H21N3O3S2. The van der Waals surface area contributed by atoms with Crippen molar-refractivity contribution in [2.75, 3.05) is 13.6 Å². The number of nitrogens with zero attached hydrogens (tertiary/aromatic N) is 2. The van der Waals surface area contributed by atoms with E-state index in [-0.39, 0.29) is 11.9 Å². The second-order valence-electron chi connectivity index (χ2n) is 6.74. The molecule has 0 unspecified atom stereocenters. The van der Waals surface area contributed by atoms with Gasteiger partial charge in [0.25, 0.3) is 10.2 Å². The van der Waals surface area contributed by atoms with Crippen molar-refractivity contribution in [1.29, 1.82) is 0 Å². The quantitative estimate of drug-likeness (QED) is 0.850. The maximum atomic E-state index is 13.2. The first-order chi connectivity index (χ1) is 12.5. The fourth-order valence-corrected chi connectivity index (χ4v) is 5.79. The van der Waals surface area contributed by atoms with Gasteiger partial charge in [0, 0.05) is 25.0 Å². The van der Waals surface area contributed by atoms with Crippen molar-refractivity contribution < 1.29 is 13.2 Å². The molecule has 1 aromatic carbocycles. The van der Waals surface area contributed by atoms with E-state index in [2.05, 4.69) is 10.8 Å². The summed E-state index contributed by atoms with van der Waals surface area (Å²) in [6.45, 7) is 1.16. The predicted molar refractivity (Wildman–Crippen MR) is 101 cm³/mol. The van der Waals surface area contributed by atoms with Crippen molar-refractivity contribution in [3.05, 3.63) is 57.8 Å². The third-order valence-electron chi connectivity index (χ3n) is 5.18. The van der Waals surface area contributed by atoms with Crippen molar-refractivity contribution in [1.82, 2.24) is 13.9 Å². The Bertz CT molecular complexity index is 912. The maximum Gasteiger partial charge on any atom is 0.280 e. The highest BCUT2D eigenvalue weighted by Gasteiger charge is 2.42. The largest absolute Gasteiger partial charge is 0.337 e. The molecule has 4 rings (SSSR count). The van der Waals surface area contributed by atoms with Crippen LogP contribution < -0.4 is 4.72 Å². The number of nitrogens with one attached hydrogen (secondary N) is 1. The van der Waals surface area contributed by atoms with Gasteiger partial charge in [0.15, 0.2) is 0 Å². The highest BCUT2D eigenvalue weighted by atomic mass is 32.2. The van der Waals surface area contributed by atoms with Gasteiger partial charge in [0.2, 0.25) is 5.91 Å². The van der Waals surface area contributed by atoms with Crippen LogP contribution in [-0.4, -0.2) is 43.2 Å². The van der Waals surface area contributed by atoms with E-state index in [1.54, 1.807) is 4.90 Å². The summed E-state index contributed by atoms with van der Waals surface area (Å²) in [6, 6.07) is 10.9. The van der Waals surface area contributed by atoms with Gasteiger partial charge in [0.05, 0.1) is 6.04 Å². The first kappa shape index (κ1) is 17.7. The Labute approximate surface area is 157 Å². The van der Waals surface area contributed by atoms with E-state index in [9.17, 15) is 13.2 Å². The van der Waals surface area contributed by atoms with E-state index < -0.39 is 16.3 Å². The standard InChI is InChI=1S/C18H21N3O3S2/c1-20-16(11-15(19-26(20,23)24)17-7-4-10-25-17)18(22)21-9-8-13-5-2-3-6-14(13)12-21/h2-7,10,15-16,19H,8-9,11-12H2,1H3/t15-,16+/m1/s1. The molecule has 2 aromatic rings. The summed E-state index contributed by atoms with van der Waals surface area (Å²) < 4.78 is 28.9. The summed E-state index contributed by atoms with van der Waals surface area (Å²) in [4.78, 5) is 15.9. The van der Waals surface area contributed by atoms with Crippen LogP contribution >= 0.6 is 11.3 Å². The van der Waals surface area contributed by atoms with Gasteiger partial charge in [-0.1, -0.05) is 30.3 Å². The van der Waals surface area contributed by atoms with Crippen molar-refractivity contribution in [2.24, 2.45) is 0 Å². The molecular weight excluding hydrogens is 370 g/mol. The van der Waals surface area contributed by atoms with Crippen LogP contribution in [0.25, 0.3) is 0 Å². The van der Waals surface area contributed by atoms with Crippen LogP contribution in [0.2, 0.25) is 0 Å². The highest BCUT2D eigenvalue weighted by molar-refractivity contribution is 7.87. The summed E-state index contributed by atoms with van der Waals surface area (Å²) in [6.07, 6.45) is 1.24. The smallest absolute Gasteiger partial charge is 0.280 e. The molecule has 3 heterocycles. The number of rotatable bonds is 2. The Morgan fingerprint density at radius 2 is 1.96 bits per heavy atom. The fraction of sp³-hybridized carbons (Fsp3) is 0.389. The summed E-state index contributed by atoms with van der Waals surface area (Å²) in [5.74, 6) is -0.117. The van der Waals surface area contributed by atoms with E-state index in [4.69, 9.17) is 0 Å². The number of carbonyl (C=O) groups excluding carboxylic acids is 1. The van der Waals surface area contributed by atoms with Crippen LogP contribution in [0.5, 0.6) is 0 Å². The molecule has 1 N–H and O–H groups in total. The first-order valence-corrected chi connectivity index (χ1v) is 10.9. The number of benzene rings is 1. The maximum absolute atomic E-state index is 13.2. The van der Waals surface area contributed by atoms with E-state index in [1.165, 1.54) is 28.3 Å². The molecule has 138 valence electrons. The van der Waals surface area contributed by atoms with Crippen LogP contribution in [-0.2, 0) is 28.0 Å². The molecule has 2 atom stereocenters. The summed E-state index contributed by atoms with van der Waals surface area (Å²) >= 11 is 1.50. The zero-order chi connectivity index (χ0) is 18.3. The zero-order valence-electron chi connectivity index (χ0n) is 14.5. The van der Waals surface area contributed by atoms with Gasteiger partial charge in [-0.25, -0.2) is 0 Å². The second kappa shape index (κ2) is 6.77. The molecule has 0 bridgehead atoms. The van der Waals surface area contributed by atoms with Crippen molar-refractivity contribution in [3.63, 3.8) is 0 Å². The molecule has 0 spiro atoms. The third kappa shape index (κ3) is 3.18. The molecule has 0 radical (unpaired) electrons. The Hall–Kier alpha value is -1.74.